The molecule has 1 aliphatic rings. The van der Waals surface area contributed by atoms with E-state index < -0.39 is 5.60 Å². The Kier molecular flexibility index (Phi) is 2.98. The smallest absolute Gasteiger partial charge is 0.287 e. The number of aliphatic hydroxyl groups is 1. The molecule has 0 bridgehead atoms. The van der Waals surface area contributed by atoms with Crippen molar-refractivity contribution in [3.05, 3.63) is 23.7 Å². The number of amides is 1. The standard InChI is InChI=1S/C11H16N2O3/c12-6-8-2-3-9(16-8)10(14)13-7-11(15)4-1-5-11/h2-3,15H,1,4-7,12H2,(H,13,14). The lowest BCUT2D eigenvalue weighted by Gasteiger charge is -2.36. The van der Waals surface area contributed by atoms with Crippen molar-refractivity contribution >= 4 is 5.91 Å². The molecule has 16 heavy (non-hydrogen) atoms. The van der Waals surface area contributed by atoms with E-state index in [9.17, 15) is 9.90 Å². The first kappa shape index (κ1) is 11.2. The van der Waals surface area contributed by atoms with Crippen molar-refractivity contribution in [2.24, 2.45) is 5.73 Å². The van der Waals surface area contributed by atoms with Gasteiger partial charge in [0, 0.05) is 6.54 Å². The lowest BCUT2D eigenvalue weighted by atomic mass is 9.80. The average molecular weight is 224 g/mol. The SMILES string of the molecule is NCc1ccc(C(=O)NCC2(O)CCC2)o1. The first-order valence-corrected chi connectivity index (χ1v) is 5.42. The Balaban J connectivity index is 1.87. The van der Waals surface area contributed by atoms with Crippen LogP contribution in [-0.4, -0.2) is 23.2 Å². The molecular formula is C11H16N2O3. The second-order valence-corrected chi connectivity index (χ2v) is 4.23. The van der Waals surface area contributed by atoms with Crippen LogP contribution < -0.4 is 11.1 Å². The van der Waals surface area contributed by atoms with Crippen molar-refractivity contribution in [1.82, 2.24) is 5.32 Å². The van der Waals surface area contributed by atoms with Crippen molar-refractivity contribution in [3.8, 4) is 0 Å². The van der Waals surface area contributed by atoms with E-state index in [1.807, 2.05) is 0 Å². The van der Waals surface area contributed by atoms with Crippen LogP contribution in [-0.2, 0) is 6.54 Å². The van der Waals surface area contributed by atoms with E-state index in [0.29, 0.717) is 5.76 Å². The molecule has 5 nitrogen and oxygen atoms in total. The Morgan fingerprint density at radius 3 is 2.81 bits per heavy atom. The summed E-state index contributed by atoms with van der Waals surface area (Å²) in [5, 5.41) is 12.4. The van der Waals surface area contributed by atoms with Gasteiger partial charge in [-0.15, -0.1) is 0 Å². The molecule has 1 amide bonds. The molecule has 4 N–H and O–H groups in total. The summed E-state index contributed by atoms with van der Waals surface area (Å²) in [7, 11) is 0. The zero-order valence-corrected chi connectivity index (χ0v) is 9.03. The van der Waals surface area contributed by atoms with Crippen molar-refractivity contribution in [2.75, 3.05) is 6.54 Å². The number of nitrogens with two attached hydrogens (primary N) is 1. The highest BCUT2D eigenvalue weighted by Gasteiger charge is 2.34. The Labute approximate surface area is 93.6 Å². The van der Waals surface area contributed by atoms with Crippen LogP contribution in [0.15, 0.2) is 16.5 Å². The van der Waals surface area contributed by atoms with Crippen molar-refractivity contribution < 1.29 is 14.3 Å². The van der Waals surface area contributed by atoms with E-state index in [4.69, 9.17) is 10.2 Å². The minimum Gasteiger partial charge on any atom is -0.455 e. The molecule has 0 radical (unpaired) electrons. The van der Waals surface area contributed by atoms with Crippen LogP contribution in [0.2, 0.25) is 0 Å². The first-order chi connectivity index (χ1) is 7.63. The normalized spacial score (nSPS) is 17.9. The molecule has 1 heterocycles. The fourth-order valence-corrected chi connectivity index (χ4v) is 1.70. The maximum atomic E-state index is 11.6. The molecule has 1 aliphatic carbocycles. The number of hydrogen-bond acceptors (Lipinski definition) is 4. The van der Waals surface area contributed by atoms with E-state index >= 15 is 0 Å². The van der Waals surface area contributed by atoms with Gasteiger partial charge in [-0.25, -0.2) is 0 Å². The predicted octanol–water partition coefficient (Wildman–Crippen LogP) is 0.383. The number of furan rings is 1. The van der Waals surface area contributed by atoms with Gasteiger partial charge in [0.25, 0.3) is 5.91 Å². The third-order valence-electron chi connectivity index (χ3n) is 2.95. The number of carbonyl (C=O) groups excluding carboxylic acids is 1. The third-order valence-corrected chi connectivity index (χ3v) is 2.95. The highest BCUT2D eigenvalue weighted by Crippen LogP contribution is 2.30. The summed E-state index contributed by atoms with van der Waals surface area (Å²) in [6.45, 7) is 0.557. The second-order valence-electron chi connectivity index (χ2n) is 4.23. The van der Waals surface area contributed by atoms with Crippen molar-refractivity contribution in [1.29, 1.82) is 0 Å². The quantitative estimate of drug-likeness (QED) is 0.690. The van der Waals surface area contributed by atoms with E-state index in [2.05, 4.69) is 5.32 Å². The lowest BCUT2D eigenvalue weighted by molar-refractivity contribution is -0.0302. The van der Waals surface area contributed by atoms with Crippen molar-refractivity contribution in [2.45, 2.75) is 31.4 Å². The minimum atomic E-state index is -0.709. The van der Waals surface area contributed by atoms with Gasteiger partial charge >= 0.3 is 0 Å². The van der Waals surface area contributed by atoms with Gasteiger partial charge in [0.15, 0.2) is 5.76 Å². The number of rotatable bonds is 4. The monoisotopic (exact) mass is 224 g/mol. The fraction of sp³-hybridized carbons (Fsp3) is 0.545. The molecule has 0 unspecified atom stereocenters. The Morgan fingerprint density at radius 2 is 2.31 bits per heavy atom. The Bertz CT molecular complexity index is 382. The zero-order valence-electron chi connectivity index (χ0n) is 9.03. The Morgan fingerprint density at radius 1 is 1.56 bits per heavy atom. The van der Waals surface area contributed by atoms with Crippen LogP contribution in [0.5, 0.6) is 0 Å². The topological polar surface area (TPSA) is 88.5 Å². The summed E-state index contributed by atoms with van der Waals surface area (Å²) in [6, 6.07) is 3.26. The predicted molar refractivity (Wildman–Crippen MR) is 57.7 cm³/mol. The number of hydrogen-bond donors (Lipinski definition) is 3. The van der Waals surface area contributed by atoms with Crippen LogP contribution in [0.3, 0.4) is 0 Å². The van der Waals surface area contributed by atoms with Gasteiger partial charge in [-0.2, -0.15) is 0 Å². The molecule has 5 heteroatoms. The summed E-state index contributed by atoms with van der Waals surface area (Å²) in [5.74, 6) is 0.510. The van der Waals surface area contributed by atoms with Gasteiger partial charge in [-0.3, -0.25) is 4.79 Å². The number of nitrogens with one attached hydrogen (secondary N) is 1. The summed E-state index contributed by atoms with van der Waals surface area (Å²) in [4.78, 5) is 11.6. The molecule has 0 spiro atoms. The van der Waals surface area contributed by atoms with Crippen LogP contribution >= 0.6 is 0 Å². The highest BCUT2D eigenvalue weighted by atomic mass is 16.4. The summed E-state index contributed by atoms with van der Waals surface area (Å²) < 4.78 is 5.19. The molecule has 2 rings (SSSR count). The van der Waals surface area contributed by atoms with Gasteiger partial charge in [0.2, 0.25) is 0 Å². The first-order valence-electron chi connectivity index (χ1n) is 5.42. The molecule has 0 aliphatic heterocycles. The molecule has 1 fully saturated rings. The summed E-state index contributed by atoms with van der Waals surface area (Å²) in [6.07, 6.45) is 2.52. The third kappa shape index (κ3) is 2.25. The fourth-order valence-electron chi connectivity index (χ4n) is 1.70. The molecular weight excluding hydrogens is 208 g/mol. The average Bonchev–Trinajstić information content (AvgIpc) is 2.71. The molecule has 1 saturated carbocycles. The van der Waals surface area contributed by atoms with E-state index in [1.54, 1.807) is 12.1 Å². The van der Waals surface area contributed by atoms with Gasteiger partial charge < -0.3 is 20.6 Å². The van der Waals surface area contributed by atoms with E-state index in [-0.39, 0.29) is 24.8 Å². The van der Waals surface area contributed by atoms with Gasteiger partial charge in [0.05, 0.1) is 12.1 Å². The zero-order chi connectivity index (χ0) is 11.6. The van der Waals surface area contributed by atoms with Crippen LogP contribution in [0.4, 0.5) is 0 Å². The van der Waals surface area contributed by atoms with Gasteiger partial charge in [-0.1, -0.05) is 0 Å². The Hall–Kier alpha value is -1.33. The van der Waals surface area contributed by atoms with Crippen LogP contribution in [0, 0.1) is 0 Å². The van der Waals surface area contributed by atoms with Crippen LogP contribution in [0.25, 0.3) is 0 Å². The van der Waals surface area contributed by atoms with Gasteiger partial charge in [-0.05, 0) is 31.4 Å². The molecule has 88 valence electrons. The molecule has 1 aromatic rings. The molecule has 1 aromatic heterocycles. The second kappa shape index (κ2) is 4.27. The molecule has 0 saturated heterocycles. The lowest BCUT2D eigenvalue weighted by Crippen LogP contribution is -2.47. The largest absolute Gasteiger partial charge is 0.455 e. The maximum absolute atomic E-state index is 11.6. The van der Waals surface area contributed by atoms with E-state index in [1.165, 1.54) is 0 Å². The highest BCUT2D eigenvalue weighted by molar-refractivity contribution is 5.91. The van der Waals surface area contributed by atoms with Crippen molar-refractivity contribution in [3.63, 3.8) is 0 Å². The molecule has 0 aromatic carbocycles. The van der Waals surface area contributed by atoms with Crippen LogP contribution in [0.1, 0.15) is 35.6 Å². The van der Waals surface area contributed by atoms with E-state index in [0.717, 1.165) is 19.3 Å². The molecule has 0 atom stereocenters. The van der Waals surface area contributed by atoms with Gasteiger partial charge in [0.1, 0.15) is 5.76 Å². The summed E-state index contributed by atoms with van der Waals surface area (Å²) >= 11 is 0. The number of carbonyl (C=O) groups is 1. The maximum Gasteiger partial charge on any atom is 0.287 e. The minimum absolute atomic E-state index is 0.239. The summed E-state index contributed by atoms with van der Waals surface area (Å²) in [5.41, 5.74) is 4.66.